The van der Waals surface area contributed by atoms with E-state index in [9.17, 15) is 5.11 Å². The Morgan fingerprint density at radius 2 is 1.75 bits per heavy atom. The lowest BCUT2D eigenvalue weighted by atomic mass is 9.49. The van der Waals surface area contributed by atoms with Gasteiger partial charge < -0.3 is 5.11 Å². The van der Waals surface area contributed by atoms with Crippen LogP contribution in [0.3, 0.4) is 0 Å². The van der Waals surface area contributed by atoms with E-state index in [0.717, 1.165) is 30.4 Å². The number of rotatable bonds is 3. The van der Waals surface area contributed by atoms with E-state index >= 15 is 0 Å². The molecule has 1 heterocycles. The Bertz CT molecular complexity index is 465. The maximum absolute atomic E-state index is 11.3. The van der Waals surface area contributed by atoms with Crippen LogP contribution >= 0.6 is 0 Å². The molecule has 4 aliphatic rings. The van der Waals surface area contributed by atoms with Crippen LogP contribution in [-0.2, 0) is 12.8 Å². The number of aromatic nitrogens is 1. The summed E-state index contributed by atoms with van der Waals surface area (Å²) < 4.78 is 0. The van der Waals surface area contributed by atoms with Crippen molar-refractivity contribution >= 4 is 0 Å². The van der Waals surface area contributed by atoms with Gasteiger partial charge in [0.2, 0.25) is 0 Å². The summed E-state index contributed by atoms with van der Waals surface area (Å²) in [7, 11) is 0. The molecule has 4 aliphatic carbocycles. The molecule has 0 aliphatic heterocycles. The molecule has 2 heteroatoms. The van der Waals surface area contributed by atoms with E-state index in [1.807, 2.05) is 6.20 Å². The fraction of sp³-hybridized carbons (Fsp3) is 0.722. The number of nitrogens with zero attached hydrogens (tertiary/aromatic N) is 1. The van der Waals surface area contributed by atoms with Crippen LogP contribution < -0.4 is 0 Å². The molecule has 0 atom stereocenters. The lowest BCUT2D eigenvalue weighted by Gasteiger charge is -2.59. The molecule has 2 nitrogen and oxygen atoms in total. The van der Waals surface area contributed by atoms with Gasteiger partial charge >= 0.3 is 0 Å². The topological polar surface area (TPSA) is 33.1 Å². The Morgan fingerprint density at radius 1 is 1.10 bits per heavy atom. The molecule has 108 valence electrons. The average Bonchev–Trinajstić information content (AvgIpc) is 2.45. The normalized spacial score (nSPS) is 42.1. The van der Waals surface area contributed by atoms with Crippen LogP contribution in [0, 0.1) is 23.7 Å². The van der Waals surface area contributed by atoms with Gasteiger partial charge in [-0.1, -0.05) is 13.0 Å². The molecule has 5 rings (SSSR count). The summed E-state index contributed by atoms with van der Waals surface area (Å²) in [4.78, 5) is 4.59. The molecule has 4 bridgehead atoms. The fourth-order valence-electron chi connectivity index (χ4n) is 5.35. The SMILES string of the molecule is CCc1ccc(CC2(O)C3CC4CC(C3)CC2C4)nc1. The Hall–Kier alpha value is -0.890. The summed E-state index contributed by atoms with van der Waals surface area (Å²) in [6.07, 6.45) is 10.3. The highest BCUT2D eigenvalue weighted by Gasteiger charge is 2.56. The van der Waals surface area contributed by atoms with Gasteiger partial charge in [-0.2, -0.15) is 0 Å². The van der Waals surface area contributed by atoms with Crippen molar-refractivity contribution in [2.75, 3.05) is 0 Å². The summed E-state index contributed by atoms with van der Waals surface area (Å²) >= 11 is 0. The van der Waals surface area contributed by atoms with Crippen molar-refractivity contribution in [3.05, 3.63) is 29.6 Å². The molecule has 0 radical (unpaired) electrons. The van der Waals surface area contributed by atoms with Gasteiger partial charge in [-0.15, -0.1) is 0 Å². The standard InChI is InChI=1S/C18H25NO/c1-2-12-3-4-17(19-11-12)10-18(20)15-6-13-5-14(8-15)9-16(18)7-13/h3-4,11,13-16,20H,2,5-10H2,1H3. The highest BCUT2D eigenvalue weighted by molar-refractivity contribution is 5.18. The summed E-state index contributed by atoms with van der Waals surface area (Å²) in [6, 6.07) is 4.30. The fourth-order valence-corrected chi connectivity index (χ4v) is 5.35. The number of aliphatic hydroxyl groups is 1. The van der Waals surface area contributed by atoms with Gasteiger partial charge in [0.15, 0.2) is 0 Å². The maximum Gasteiger partial charge on any atom is 0.0759 e. The van der Waals surface area contributed by atoms with Crippen LogP contribution in [0.5, 0.6) is 0 Å². The minimum atomic E-state index is -0.464. The molecule has 4 fully saturated rings. The molecule has 20 heavy (non-hydrogen) atoms. The van der Waals surface area contributed by atoms with Gasteiger partial charge in [0.25, 0.3) is 0 Å². The molecule has 4 saturated carbocycles. The van der Waals surface area contributed by atoms with Crippen molar-refractivity contribution in [2.24, 2.45) is 23.7 Å². The van der Waals surface area contributed by atoms with E-state index in [-0.39, 0.29) is 0 Å². The maximum atomic E-state index is 11.3. The first-order chi connectivity index (χ1) is 9.67. The van der Waals surface area contributed by atoms with Crippen LogP contribution in [0.1, 0.15) is 50.3 Å². The number of hydrogen-bond acceptors (Lipinski definition) is 2. The lowest BCUT2D eigenvalue weighted by molar-refractivity contribution is -0.172. The van der Waals surface area contributed by atoms with E-state index in [0.29, 0.717) is 11.8 Å². The van der Waals surface area contributed by atoms with Crippen LogP contribution in [-0.4, -0.2) is 15.7 Å². The van der Waals surface area contributed by atoms with Crippen LogP contribution in [0.25, 0.3) is 0 Å². The second-order valence-electron chi connectivity index (χ2n) is 7.48. The summed E-state index contributed by atoms with van der Waals surface area (Å²) in [5, 5.41) is 11.3. The van der Waals surface area contributed by atoms with Crippen molar-refractivity contribution < 1.29 is 5.11 Å². The smallest absolute Gasteiger partial charge is 0.0759 e. The van der Waals surface area contributed by atoms with E-state index < -0.39 is 5.60 Å². The summed E-state index contributed by atoms with van der Waals surface area (Å²) in [6.45, 7) is 2.15. The van der Waals surface area contributed by atoms with Crippen molar-refractivity contribution in [1.29, 1.82) is 0 Å². The zero-order chi connectivity index (χ0) is 13.7. The molecular formula is C18H25NO. The second kappa shape index (κ2) is 4.56. The van der Waals surface area contributed by atoms with Gasteiger partial charge in [0, 0.05) is 18.3 Å². The van der Waals surface area contributed by atoms with Crippen LogP contribution in [0.4, 0.5) is 0 Å². The quantitative estimate of drug-likeness (QED) is 0.914. The monoisotopic (exact) mass is 271 g/mol. The van der Waals surface area contributed by atoms with E-state index in [1.54, 1.807) is 0 Å². The first-order valence-corrected chi connectivity index (χ1v) is 8.33. The molecule has 0 saturated heterocycles. The van der Waals surface area contributed by atoms with Crippen molar-refractivity contribution in [3.8, 4) is 0 Å². The highest BCUT2D eigenvalue weighted by atomic mass is 16.3. The molecule has 0 amide bonds. The van der Waals surface area contributed by atoms with Crippen LogP contribution in [0.2, 0.25) is 0 Å². The molecule has 1 aromatic rings. The number of pyridine rings is 1. The Balaban J connectivity index is 1.57. The summed E-state index contributed by atoms with van der Waals surface area (Å²) in [5.41, 5.74) is 1.90. The Morgan fingerprint density at radius 3 is 2.25 bits per heavy atom. The first kappa shape index (κ1) is 12.8. The van der Waals surface area contributed by atoms with E-state index in [4.69, 9.17) is 0 Å². The predicted octanol–water partition coefficient (Wildman–Crippen LogP) is 3.37. The van der Waals surface area contributed by atoms with Gasteiger partial charge in [0.05, 0.1) is 5.60 Å². The third kappa shape index (κ3) is 1.92. The van der Waals surface area contributed by atoms with Crippen LogP contribution in [0.15, 0.2) is 18.3 Å². The number of hydrogen-bond donors (Lipinski definition) is 1. The zero-order valence-corrected chi connectivity index (χ0v) is 12.4. The van der Waals surface area contributed by atoms with Gasteiger partial charge in [-0.25, -0.2) is 0 Å². The minimum absolute atomic E-state index is 0.464. The van der Waals surface area contributed by atoms with Gasteiger partial charge in [-0.3, -0.25) is 4.98 Å². The predicted molar refractivity (Wildman–Crippen MR) is 79.3 cm³/mol. The molecule has 1 N–H and O–H groups in total. The molecule has 1 aromatic heterocycles. The van der Waals surface area contributed by atoms with Gasteiger partial charge in [0.1, 0.15) is 0 Å². The molecule has 0 unspecified atom stereocenters. The third-order valence-corrected chi connectivity index (χ3v) is 6.31. The first-order valence-electron chi connectivity index (χ1n) is 8.33. The average molecular weight is 271 g/mol. The highest BCUT2D eigenvalue weighted by Crippen LogP contribution is 2.58. The lowest BCUT2D eigenvalue weighted by Crippen LogP contribution is -2.58. The molecule has 0 spiro atoms. The van der Waals surface area contributed by atoms with Crippen molar-refractivity contribution in [3.63, 3.8) is 0 Å². The largest absolute Gasteiger partial charge is 0.389 e. The second-order valence-corrected chi connectivity index (χ2v) is 7.48. The molecule has 0 aromatic carbocycles. The zero-order valence-electron chi connectivity index (χ0n) is 12.4. The van der Waals surface area contributed by atoms with E-state index in [2.05, 4.69) is 24.0 Å². The van der Waals surface area contributed by atoms with Crippen molar-refractivity contribution in [1.82, 2.24) is 4.98 Å². The number of aryl methyl sites for hydroxylation is 1. The van der Waals surface area contributed by atoms with Crippen molar-refractivity contribution in [2.45, 2.75) is 57.5 Å². The Labute approximate surface area is 121 Å². The van der Waals surface area contributed by atoms with E-state index in [1.165, 1.54) is 37.7 Å². The molecular weight excluding hydrogens is 246 g/mol. The summed E-state index contributed by atoms with van der Waals surface area (Å²) in [5.74, 6) is 2.89. The van der Waals surface area contributed by atoms with Gasteiger partial charge in [-0.05, 0) is 73.8 Å². The Kier molecular flexibility index (Phi) is 2.92. The minimum Gasteiger partial charge on any atom is -0.389 e. The third-order valence-electron chi connectivity index (χ3n) is 6.31.